The molecule has 0 bridgehead atoms. The van der Waals surface area contributed by atoms with Gasteiger partial charge in [0, 0.05) is 48.9 Å². The molecule has 3 heterocycles. The van der Waals surface area contributed by atoms with Gasteiger partial charge in [0.2, 0.25) is 0 Å². The molecule has 0 aliphatic carbocycles. The van der Waals surface area contributed by atoms with Gasteiger partial charge in [-0.1, -0.05) is 19.0 Å². The number of ether oxygens (including phenoxy) is 3. The third-order valence-electron chi connectivity index (χ3n) is 6.44. The minimum Gasteiger partial charge on any atom is -0.492 e. The predicted molar refractivity (Wildman–Crippen MR) is 134 cm³/mol. The Morgan fingerprint density at radius 3 is 2.41 bits per heavy atom. The van der Waals surface area contributed by atoms with Gasteiger partial charge in [0.15, 0.2) is 11.5 Å². The number of carbonyl (C=O) groups excluding carboxylic acids is 2. The lowest BCUT2D eigenvalue weighted by Crippen LogP contribution is -2.38. The number of hydrogen-bond acceptors (Lipinski definition) is 8. The van der Waals surface area contributed by atoms with Crippen LogP contribution in [-0.4, -0.2) is 78.9 Å². The molecule has 39 heavy (non-hydrogen) atoms. The summed E-state index contributed by atoms with van der Waals surface area (Å²) in [6.45, 7) is 10.4. The van der Waals surface area contributed by atoms with Gasteiger partial charge >= 0.3 is 12.1 Å². The number of hydrogen-bond donors (Lipinski definition) is 0. The summed E-state index contributed by atoms with van der Waals surface area (Å²) in [7, 11) is 0. The number of aromatic nitrogens is 1. The van der Waals surface area contributed by atoms with E-state index in [1.54, 1.807) is 38.1 Å². The second kappa shape index (κ2) is 11.4. The second-order valence-corrected chi connectivity index (χ2v) is 10.4. The zero-order valence-corrected chi connectivity index (χ0v) is 22.3. The smallest absolute Gasteiger partial charge is 0.437 e. The van der Waals surface area contributed by atoms with E-state index < -0.39 is 35.3 Å². The molecule has 0 spiro atoms. The molecule has 0 radical (unpaired) electrons. The van der Waals surface area contributed by atoms with Crippen LogP contribution in [0.1, 0.15) is 55.1 Å². The number of rotatable bonds is 7. The highest BCUT2D eigenvalue weighted by molar-refractivity contribution is 6.17. The van der Waals surface area contributed by atoms with E-state index in [9.17, 15) is 22.8 Å². The molecule has 12 heteroatoms. The molecule has 0 N–H and O–H groups in total. The number of fused-ring (bicyclic) bond motifs is 1. The summed E-state index contributed by atoms with van der Waals surface area (Å²) in [4.78, 5) is 29.9. The molecular weight excluding hydrogens is 519 g/mol. The van der Waals surface area contributed by atoms with E-state index in [1.165, 1.54) is 24.9 Å². The Morgan fingerprint density at radius 1 is 1.13 bits per heavy atom. The van der Waals surface area contributed by atoms with Crippen molar-refractivity contribution in [2.75, 3.05) is 46.0 Å². The highest BCUT2D eigenvalue weighted by atomic mass is 19.4. The van der Waals surface area contributed by atoms with E-state index in [-0.39, 0.29) is 29.0 Å². The van der Waals surface area contributed by atoms with Crippen molar-refractivity contribution in [2.45, 2.75) is 45.4 Å². The highest BCUT2D eigenvalue weighted by Crippen LogP contribution is 2.43. The van der Waals surface area contributed by atoms with Crippen LogP contribution in [0.4, 0.5) is 13.2 Å². The Hall–Kier alpha value is -3.38. The maximum absolute atomic E-state index is 13.8. The fourth-order valence-electron chi connectivity index (χ4n) is 4.59. The topological polar surface area (TPSA) is 94.3 Å². The molecule has 4 rings (SSSR count). The van der Waals surface area contributed by atoms with Crippen LogP contribution in [0.15, 0.2) is 35.0 Å². The van der Waals surface area contributed by atoms with Crippen LogP contribution < -0.4 is 4.74 Å². The first kappa shape index (κ1) is 28.6. The Kier molecular flexibility index (Phi) is 8.36. The molecule has 1 aromatic heterocycles. The van der Waals surface area contributed by atoms with Gasteiger partial charge in [0.05, 0.1) is 19.3 Å². The monoisotopic (exact) mass is 551 g/mol. The van der Waals surface area contributed by atoms with Gasteiger partial charge in [0.25, 0.3) is 5.91 Å². The van der Waals surface area contributed by atoms with Gasteiger partial charge in [-0.05, 0) is 38.1 Å². The zero-order valence-electron chi connectivity index (χ0n) is 22.3. The Balaban J connectivity index is 1.57. The van der Waals surface area contributed by atoms with Gasteiger partial charge in [-0.25, -0.2) is 4.79 Å². The number of halogens is 3. The summed E-state index contributed by atoms with van der Waals surface area (Å²) >= 11 is 0. The van der Waals surface area contributed by atoms with Crippen molar-refractivity contribution in [3.8, 4) is 5.75 Å². The number of carbonyl (C=O) groups is 2. The maximum atomic E-state index is 13.8. The SMILES string of the molecule is CC(C)OC(=O)C1=CN(C(=O)c2ccc(OCCN3CCOCC3)cc2)CC(C)(C)c2c(C(F)(F)F)noc21. The average Bonchev–Trinajstić information content (AvgIpc) is 3.29. The second-order valence-electron chi connectivity index (χ2n) is 10.4. The fourth-order valence-corrected chi connectivity index (χ4v) is 4.59. The number of nitrogens with zero attached hydrogens (tertiary/aromatic N) is 3. The highest BCUT2D eigenvalue weighted by Gasteiger charge is 2.47. The van der Waals surface area contributed by atoms with Crippen molar-refractivity contribution in [3.05, 3.63) is 53.0 Å². The van der Waals surface area contributed by atoms with Crippen molar-refractivity contribution in [1.82, 2.24) is 15.0 Å². The molecule has 0 atom stereocenters. The van der Waals surface area contributed by atoms with Crippen LogP contribution in [-0.2, 0) is 25.9 Å². The standard InChI is InChI=1S/C27H32F3N3O6/c1-17(2)38-25(35)20-15-33(16-26(3,4)21-22(20)39-31-23(21)27(28,29)30)24(34)18-5-7-19(8-6-18)37-14-11-32-9-12-36-13-10-32/h5-8,15,17H,9-14,16H2,1-4H3. The van der Waals surface area contributed by atoms with Gasteiger partial charge in [-0.2, -0.15) is 13.2 Å². The molecule has 2 aliphatic heterocycles. The average molecular weight is 552 g/mol. The van der Waals surface area contributed by atoms with Crippen LogP contribution in [0.5, 0.6) is 5.75 Å². The number of amides is 1. The van der Waals surface area contributed by atoms with Crippen LogP contribution in [0.3, 0.4) is 0 Å². The van der Waals surface area contributed by atoms with E-state index in [2.05, 4.69) is 10.1 Å². The van der Waals surface area contributed by atoms with Crippen molar-refractivity contribution in [3.63, 3.8) is 0 Å². The first-order valence-corrected chi connectivity index (χ1v) is 12.7. The molecule has 1 amide bonds. The van der Waals surface area contributed by atoms with E-state index in [0.717, 1.165) is 19.6 Å². The first-order chi connectivity index (χ1) is 18.4. The van der Waals surface area contributed by atoms with E-state index in [1.807, 2.05) is 0 Å². The summed E-state index contributed by atoms with van der Waals surface area (Å²) in [5, 5.41) is 3.23. The Morgan fingerprint density at radius 2 is 1.79 bits per heavy atom. The third kappa shape index (κ3) is 6.62. The summed E-state index contributed by atoms with van der Waals surface area (Å²) in [6.07, 6.45) is -4.19. The molecule has 2 aliphatic rings. The largest absolute Gasteiger partial charge is 0.492 e. The summed E-state index contributed by atoms with van der Waals surface area (Å²) < 4.78 is 62.9. The fraction of sp³-hybridized carbons (Fsp3) is 0.519. The van der Waals surface area contributed by atoms with Crippen molar-refractivity contribution >= 4 is 17.4 Å². The van der Waals surface area contributed by atoms with Crippen molar-refractivity contribution < 1.29 is 41.5 Å². The third-order valence-corrected chi connectivity index (χ3v) is 6.44. The lowest BCUT2D eigenvalue weighted by atomic mass is 9.82. The van der Waals surface area contributed by atoms with Gasteiger partial charge in [-0.3, -0.25) is 9.69 Å². The quantitative estimate of drug-likeness (QED) is 0.475. The van der Waals surface area contributed by atoms with Gasteiger partial charge in [-0.15, -0.1) is 0 Å². The Bertz CT molecular complexity index is 1210. The first-order valence-electron chi connectivity index (χ1n) is 12.7. The van der Waals surface area contributed by atoms with E-state index >= 15 is 0 Å². The molecular formula is C27H32F3N3O6. The minimum atomic E-state index is -4.82. The minimum absolute atomic E-state index is 0.167. The van der Waals surface area contributed by atoms with Crippen LogP contribution >= 0.6 is 0 Å². The number of benzene rings is 1. The van der Waals surface area contributed by atoms with Crippen molar-refractivity contribution in [1.29, 1.82) is 0 Å². The molecule has 212 valence electrons. The number of esters is 1. The Labute approximate surface area is 224 Å². The lowest BCUT2D eigenvalue weighted by molar-refractivity contribution is -0.143. The number of morpholine rings is 1. The molecule has 1 fully saturated rings. The number of alkyl halides is 3. The molecule has 1 saturated heterocycles. The van der Waals surface area contributed by atoms with Gasteiger partial charge < -0.3 is 23.6 Å². The maximum Gasteiger partial charge on any atom is 0.437 e. The summed E-state index contributed by atoms with van der Waals surface area (Å²) in [5.74, 6) is -1.22. The zero-order chi connectivity index (χ0) is 28.4. The molecule has 0 unspecified atom stereocenters. The molecule has 1 aromatic carbocycles. The van der Waals surface area contributed by atoms with Crippen LogP contribution in [0, 0.1) is 0 Å². The summed E-state index contributed by atoms with van der Waals surface area (Å²) in [6, 6.07) is 6.46. The van der Waals surface area contributed by atoms with E-state index in [0.29, 0.717) is 25.6 Å². The predicted octanol–water partition coefficient (Wildman–Crippen LogP) is 4.13. The van der Waals surface area contributed by atoms with Crippen LogP contribution in [0.2, 0.25) is 0 Å². The molecule has 2 aromatic rings. The van der Waals surface area contributed by atoms with Crippen molar-refractivity contribution in [2.24, 2.45) is 0 Å². The van der Waals surface area contributed by atoms with Gasteiger partial charge in [0.1, 0.15) is 17.9 Å². The summed E-state index contributed by atoms with van der Waals surface area (Å²) in [5.41, 5.74) is -2.86. The lowest BCUT2D eigenvalue weighted by Gasteiger charge is -2.29. The molecule has 0 saturated carbocycles. The van der Waals surface area contributed by atoms with E-state index in [4.69, 9.17) is 18.7 Å². The molecule has 9 nitrogen and oxygen atoms in total. The normalized spacial score (nSPS) is 17.8. The van der Waals surface area contributed by atoms with Crippen LogP contribution in [0.25, 0.3) is 5.57 Å².